The van der Waals surface area contributed by atoms with Gasteiger partial charge in [-0.1, -0.05) is 48.8 Å². The molecule has 0 saturated heterocycles. The van der Waals surface area contributed by atoms with Crippen LogP contribution in [0.4, 0.5) is 5.69 Å². The quantitative estimate of drug-likeness (QED) is 0.419. The van der Waals surface area contributed by atoms with Gasteiger partial charge < -0.3 is 10.1 Å². The van der Waals surface area contributed by atoms with Crippen molar-refractivity contribution in [1.82, 2.24) is 9.78 Å². The van der Waals surface area contributed by atoms with Gasteiger partial charge in [0.25, 0.3) is 5.91 Å². The van der Waals surface area contributed by atoms with Gasteiger partial charge in [-0.3, -0.25) is 14.3 Å². The molecule has 1 heterocycles. The SMILES string of the molecule is C=C(CC)C(=O)c1ccc(OCC(=O)Nc2cccc3cn(C)nc23)c(Cl)c1Cl. The number of Topliss-reactive ketones (excluding diaryl/α,β-unsaturated/α-hetero) is 1. The lowest BCUT2D eigenvalue weighted by molar-refractivity contribution is -0.118. The second kappa shape index (κ2) is 8.68. The standard InChI is InChI=1S/C21H19Cl2N3O3/c1-4-12(2)21(28)14-8-9-16(19(23)18(14)22)29-11-17(27)24-15-7-5-6-13-10-26(3)25-20(13)15/h5-10H,2,4,11H2,1,3H3,(H,24,27). The van der Waals surface area contributed by atoms with Crippen LogP contribution in [-0.4, -0.2) is 28.1 Å². The van der Waals surface area contributed by atoms with Crippen LogP contribution >= 0.6 is 23.2 Å². The van der Waals surface area contributed by atoms with E-state index in [0.717, 1.165) is 5.39 Å². The average molecular weight is 432 g/mol. The molecule has 29 heavy (non-hydrogen) atoms. The van der Waals surface area contributed by atoms with Gasteiger partial charge in [-0.15, -0.1) is 0 Å². The molecule has 2 aromatic carbocycles. The first-order chi connectivity index (χ1) is 13.8. The molecule has 3 aromatic rings. The minimum absolute atomic E-state index is 0.0704. The van der Waals surface area contributed by atoms with Crippen LogP contribution < -0.4 is 10.1 Å². The normalized spacial score (nSPS) is 10.8. The van der Waals surface area contributed by atoms with E-state index in [1.54, 1.807) is 10.7 Å². The Morgan fingerprint density at radius 3 is 2.69 bits per heavy atom. The Morgan fingerprint density at radius 2 is 1.97 bits per heavy atom. The van der Waals surface area contributed by atoms with E-state index in [1.165, 1.54) is 12.1 Å². The van der Waals surface area contributed by atoms with Crippen LogP contribution in [0, 0.1) is 0 Å². The van der Waals surface area contributed by atoms with Crippen molar-refractivity contribution in [3.63, 3.8) is 0 Å². The van der Waals surface area contributed by atoms with Crippen molar-refractivity contribution in [3.05, 3.63) is 64.3 Å². The number of carbonyl (C=O) groups excluding carboxylic acids is 2. The fourth-order valence-electron chi connectivity index (χ4n) is 2.77. The minimum atomic E-state index is -0.380. The summed E-state index contributed by atoms with van der Waals surface area (Å²) in [6, 6.07) is 8.53. The number of allylic oxidation sites excluding steroid dienone is 1. The molecule has 0 radical (unpaired) electrons. The number of amides is 1. The maximum absolute atomic E-state index is 12.3. The molecule has 0 bridgehead atoms. The molecule has 0 fully saturated rings. The van der Waals surface area contributed by atoms with E-state index in [0.29, 0.717) is 23.2 Å². The van der Waals surface area contributed by atoms with Gasteiger partial charge in [0.2, 0.25) is 0 Å². The summed E-state index contributed by atoms with van der Waals surface area (Å²) < 4.78 is 7.18. The first-order valence-electron chi connectivity index (χ1n) is 8.87. The number of nitrogens with zero attached hydrogens (tertiary/aromatic N) is 2. The number of nitrogens with one attached hydrogen (secondary N) is 1. The molecule has 0 saturated carbocycles. The molecular formula is C21H19Cl2N3O3. The van der Waals surface area contributed by atoms with Crippen LogP contribution in [0.25, 0.3) is 10.9 Å². The lowest BCUT2D eigenvalue weighted by Gasteiger charge is -2.12. The van der Waals surface area contributed by atoms with Crippen molar-refractivity contribution in [2.45, 2.75) is 13.3 Å². The summed E-state index contributed by atoms with van der Waals surface area (Å²) in [6.45, 7) is 5.27. The fraction of sp³-hybridized carbons (Fsp3) is 0.190. The second-order valence-electron chi connectivity index (χ2n) is 6.41. The van der Waals surface area contributed by atoms with Crippen molar-refractivity contribution in [3.8, 4) is 5.75 Å². The number of benzene rings is 2. The van der Waals surface area contributed by atoms with Crippen LogP contribution in [0.3, 0.4) is 0 Å². The van der Waals surface area contributed by atoms with Gasteiger partial charge in [-0.2, -0.15) is 5.10 Å². The van der Waals surface area contributed by atoms with E-state index in [9.17, 15) is 9.59 Å². The Balaban J connectivity index is 1.71. The smallest absolute Gasteiger partial charge is 0.262 e. The number of carbonyl (C=O) groups is 2. The summed E-state index contributed by atoms with van der Waals surface area (Å²) in [6.07, 6.45) is 2.37. The van der Waals surface area contributed by atoms with Crippen molar-refractivity contribution in [1.29, 1.82) is 0 Å². The van der Waals surface area contributed by atoms with Gasteiger partial charge >= 0.3 is 0 Å². The molecule has 1 amide bonds. The van der Waals surface area contributed by atoms with E-state index >= 15 is 0 Å². The number of anilines is 1. The van der Waals surface area contributed by atoms with E-state index in [4.69, 9.17) is 27.9 Å². The zero-order valence-corrected chi connectivity index (χ0v) is 17.5. The largest absolute Gasteiger partial charge is 0.482 e. The van der Waals surface area contributed by atoms with Gasteiger partial charge in [0.05, 0.1) is 10.7 Å². The summed E-state index contributed by atoms with van der Waals surface area (Å²) in [4.78, 5) is 24.6. The van der Waals surface area contributed by atoms with E-state index in [-0.39, 0.29) is 39.7 Å². The molecule has 0 atom stereocenters. The number of halogens is 2. The molecule has 0 aliphatic carbocycles. The Kier molecular flexibility index (Phi) is 6.25. The molecular weight excluding hydrogens is 413 g/mol. The van der Waals surface area contributed by atoms with Crippen LogP contribution in [0.15, 0.2) is 48.7 Å². The number of ketones is 1. The van der Waals surface area contributed by atoms with Crippen molar-refractivity contribution >= 4 is 51.5 Å². The van der Waals surface area contributed by atoms with E-state index in [1.807, 2.05) is 32.3 Å². The third-order valence-electron chi connectivity index (χ3n) is 4.32. The zero-order valence-electron chi connectivity index (χ0n) is 16.0. The number of ether oxygens (including phenoxy) is 1. The molecule has 1 N–H and O–H groups in total. The minimum Gasteiger partial charge on any atom is -0.482 e. The Bertz CT molecular complexity index is 1120. The van der Waals surface area contributed by atoms with Gasteiger partial charge in [0.1, 0.15) is 16.3 Å². The molecule has 150 valence electrons. The summed E-state index contributed by atoms with van der Waals surface area (Å²) >= 11 is 12.5. The lowest BCUT2D eigenvalue weighted by atomic mass is 10.0. The molecule has 6 nitrogen and oxygen atoms in total. The molecule has 0 spiro atoms. The number of hydrogen-bond acceptors (Lipinski definition) is 4. The summed E-state index contributed by atoms with van der Waals surface area (Å²) in [5, 5.41) is 8.17. The first kappa shape index (κ1) is 20.9. The predicted molar refractivity (Wildman–Crippen MR) is 115 cm³/mol. The third kappa shape index (κ3) is 4.44. The van der Waals surface area contributed by atoms with E-state index in [2.05, 4.69) is 17.0 Å². The monoisotopic (exact) mass is 431 g/mol. The topological polar surface area (TPSA) is 73.2 Å². The third-order valence-corrected chi connectivity index (χ3v) is 5.19. The lowest BCUT2D eigenvalue weighted by Crippen LogP contribution is -2.20. The number of hydrogen-bond donors (Lipinski definition) is 1. The Labute approximate surface area is 178 Å². The highest BCUT2D eigenvalue weighted by molar-refractivity contribution is 6.45. The van der Waals surface area contributed by atoms with Gasteiger partial charge in [0, 0.05) is 24.2 Å². The fourth-order valence-corrected chi connectivity index (χ4v) is 3.23. The number of aromatic nitrogens is 2. The first-order valence-corrected chi connectivity index (χ1v) is 9.63. The molecule has 0 aliphatic heterocycles. The molecule has 3 rings (SSSR count). The maximum atomic E-state index is 12.3. The maximum Gasteiger partial charge on any atom is 0.262 e. The molecule has 0 unspecified atom stereocenters. The van der Waals surface area contributed by atoms with Crippen LogP contribution in [-0.2, 0) is 11.8 Å². The Hall–Kier alpha value is -2.83. The highest BCUT2D eigenvalue weighted by Crippen LogP contribution is 2.35. The highest BCUT2D eigenvalue weighted by atomic mass is 35.5. The second-order valence-corrected chi connectivity index (χ2v) is 7.16. The van der Waals surface area contributed by atoms with Crippen molar-refractivity contribution in [2.75, 3.05) is 11.9 Å². The molecule has 1 aromatic heterocycles. The van der Waals surface area contributed by atoms with Crippen LogP contribution in [0.5, 0.6) is 5.75 Å². The summed E-state index contributed by atoms with van der Waals surface area (Å²) in [5.74, 6) is -0.441. The molecule has 0 aliphatic rings. The predicted octanol–water partition coefficient (Wildman–Crippen LogP) is 5.05. The number of aryl methyl sites for hydroxylation is 1. The van der Waals surface area contributed by atoms with Crippen molar-refractivity contribution < 1.29 is 14.3 Å². The number of rotatable bonds is 7. The van der Waals surface area contributed by atoms with Gasteiger partial charge in [-0.05, 0) is 30.2 Å². The van der Waals surface area contributed by atoms with E-state index < -0.39 is 0 Å². The highest BCUT2D eigenvalue weighted by Gasteiger charge is 2.18. The van der Waals surface area contributed by atoms with Crippen LogP contribution in [0.2, 0.25) is 10.0 Å². The number of fused-ring (bicyclic) bond motifs is 1. The van der Waals surface area contributed by atoms with Crippen molar-refractivity contribution in [2.24, 2.45) is 7.05 Å². The zero-order chi connectivity index (χ0) is 21.1. The van der Waals surface area contributed by atoms with Crippen LogP contribution in [0.1, 0.15) is 23.7 Å². The molecule has 8 heteroatoms. The van der Waals surface area contributed by atoms with Gasteiger partial charge in [-0.25, -0.2) is 0 Å². The Morgan fingerprint density at radius 1 is 1.21 bits per heavy atom. The van der Waals surface area contributed by atoms with Gasteiger partial charge in [0.15, 0.2) is 12.4 Å². The summed E-state index contributed by atoms with van der Waals surface area (Å²) in [5.41, 5.74) is 1.95. The average Bonchev–Trinajstić information content (AvgIpc) is 3.09. The summed E-state index contributed by atoms with van der Waals surface area (Å²) in [7, 11) is 1.81.